The molecular formula is C2H6N6S. The molecule has 0 amide bonds. The van der Waals surface area contributed by atoms with Gasteiger partial charge in [0.15, 0.2) is 0 Å². The zero-order valence-corrected chi connectivity index (χ0v) is 5.30. The van der Waals surface area contributed by atoms with Crippen LogP contribution in [0.3, 0.4) is 0 Å². The number of H-pyrrole nitrogens is 1. The average Bonchev–Trinajstić information content (AvgIpc) is 2.13. The largest absolute Gasteiger partial charge is 0.250 e. The number of nitrogens with one attached hydrogen (secondary N) is 1. The molecule has 0 aromatic carbocycles. The van der Waals surface area contributed by atoms with Crippen molar-refractivity contribution in [2.24, 2.45) is 11.7 Å². The number of aromatic amines is 1. The lowest BCUT2D eigenvalue weighted by molar-refractivity contribution is 0.620. The summed E-state index contributed by atoms with van der Waals surface area (Å²) in [5.41, 5.74) is 0. The molecule has 50 valence electrons. The molecule has 0 saturated heterocycles. The van der Waals surface area contributed by atoms with Crippen molar-refractivity contribution < 1.29 is 0 Å². The van der Waals surface area contributed by atoms with Crippen LogP contribution in [0.1, 0.15) is 0 Å². The predicted molar refractivity (Wildman–Crippen MR) is 34.0 cm³/mol. The number of rotatable bonds is 1. The maximum atomic E-state index is 5.11. The highest BCUT2D eigenvalue weighted by atomic mass is 32.1. The number of nitrogens with zero attached hydrogens (tertiary/aromatic N) is 3. The topological polar surface area (TPSA) is 88.9 Å². The Bertz CT molecular complexity index is 233. The van der Waals surface area contributed by atoms with Crippen LogP contribution in [0.4, 0.5) is 0 Å². The zero-order valence-electron chi connectivity index (χ0n) is 4.48. The van der Waals surface area contributed by atoms with Crippen LogP contribution in [-0.4, -0.2) is 14.9 Å². The lowest BCUT2D eigenvalue weighted by atomic mass is 11.2. The standard InChI is InChI=1S/C2H6N6S/c3-8(4)7-1-5-6-2(7)9/h1H,3-4H2,(H,6,9). The van der Waals surface area contributed by atoms with Crippen molar-refractivity contribution >= 4 is 12.2 Å². The molecule has 1 rings (SSSR count). The molecule has 1 aromatic heterocycles. The van der Waals surface area contributed by atoms with Gasteiger partial charge in [0.05, 0.1) is 0 Å². The van der Waals surface area contributed by atoms with Crippen molar-refractivity contribution in [3.63, 3.8) is 0 Å². The van der Waals surface area contributed by atoms with E-state index in [9.17, 15) is 0 Å². The van der Waals surface area contributed by atoms with E-state index < -0.39 is 0 Å². The first-order chi connectivity index (χ1) is 4.22. The molecule has 0 aliphatic heterocycles. The van der Waals surface area contributed by atoms with Crippen molar-refractivity contribution in [2.45, 2.75) is 0 Å². The van der Waals surface area contributed by atoms with Crippen molar-refractivity contribution in [3.8, 4) is 0 Å². The van der Waals surface area contributed by atoms with Gasteiger partial charge in [0.1, 0.15) is 6.33 Å². The molecule has 0 unspecified atom stereocenters. The van der Waals surface area contributed by atoms with E-state index in [0.29, 0.717) is 4.77 Å². The van der Waals surface area contributed by atoms with Gasteiger partial charge < -0.3 is 0 Å². The van der Waals surface area contributed by atoms with E-state index in [1.165, 1.54) is 11.0 Å². The summed E-state index contributed by atoms with van der Waals surface area (Å²) < 4.78 is 1.65. The third-order valence-corrected chi connectivity index (χ3v) is 1.06. The highest BCUT2D eigenvalue weighted by Gasteiger charge is 1.92. The summed E-state index contributed by atoms with van der Waals surface area (Å²) in [6, 6.07) is 0. The fraction of sp³-hybridized carbons (Fsp3) is 0. The van der Waals surface area contributed by atoms with Crippen molar-refractivity contribution in [1.82, 2.24) is 14.9 Å². The second-order valence-corrected chi connectivity index (χ2v) is 1.77. The summed E-state index contributed by atoms with van der Waals surface area (Å²) >= 11 is 4.70. The molecule has 6 nitrogen and oxygen atoms in total. The smallest absolute Gasteiger partial charge is 0.216 e. The minimum atomic E-state index is 0.361. The lowest BCUT2D eigenvalue weighted by Gasteiger charge is -2.08. The van der Waals surface area contributed by atoms with Gasteiger partial charge >= 0.3 is 0 Å². The molecule has 1 heterocycles. The van der Waals surface area contributed by atoms with Crippen LogP contribution in [0.2, 0.25) is 0 Å². The number of aromatic nitrogens is 3. The highest BCUT2D eigenvalue weighted by molar-refractivity contribution is 7.71. The first-order valence-electron chi connectivity index (χ1n) is 2.13. The Kier molecular flexibility index (Phi) is 1.47. The molecule has 0 fully saturated rings. The van der Waals surface area contributed by atoms with Crippen LogP contribution < -0.4 is 16.9 Å². The molecule has 0 aliphatic carbocycles. The van der Waals surface area contributed by atoms with Crippen LogP contribution >= 0.6 is 12.2 Å². The Balaban J connectivity index is 3.08. The van der Waals surface area contributed by atoms with Gasteiger partial charge in [-0.1, -0.05) is 0 Å². The van der Waals surface area contributed by atoms with Crippen molar-refractivity contribution in [2.75, 3.05) is 5.23 Å². The van der Waals surface area contributed by atoms with Gasteiger partial charge in [0, 0.05) is 0 Å². The van der Waals surface area contributed by atoms with E-state index in [2.05, 4.69) is 10.2 Å². The van der Waals surface area contributed by atoms with Gasteiger partial charge in [-0.15, -0.1) is 0 Å². The SMILES string of the molecule is NN(N)n1cn[nH]c1=S. The normalized spacial score (nSPS) is 9.56. The molecule has 0 bridgehead atoms. The zero-order chi connectivity index (χ0) is 6.85. The van der Waals surface area contributed by atoms with E-state index in [1.54, 1.807) is 0 Å². The third-order valence-electron chi connectivity index (χ3n) is 0.784. The van der Waals surface area contributed by atoms with E-state index in [-0.39, 0.29) is 0 Å². The third kappa shape index (κ3) is 1.07. The molecule has 0 aliphatic rings. The summed E-state index contributed by atoms with van der Waals surface area (Å²) in [4.78, 5) is 0. The maximum Gasteiger partial charge on any atom is 0.216 e. The van der Waals surface area contributed by atoms with E-state index in [1.807, 2.05) is 0 Å². The Morgan fingerprint density at radius 1 is 1.78 bits per heavy atom. The summed E-state index contributed by atoms with van der Waals surface area (Å²) in [7, 11) is 0. The molecule has 5 N–H and O–H groups in total. The first kappa shape index (κ1) is 6.20. The second-order valence-electron chi connectivity index (χ2n) is 1.39. The maximum absolute atomic E-state index is 5.11. The minimum Gasteiger partial charge on any atom is -0.250 e. The Hall–Kier alpha value is -0.920. The van der Waals surface area contributed by atoms with Crippen LogP contribution in [0, 0.1) is 4.77 Å². The predicted octanol–water partition coefficient (Wildman–Crippen LogP) is -1.37. The molecule has 0 radical (unpaired) electrons. The van der Waals surface area contributed by atoms with Crippen molar-refractivity contribution in [1.29, 1.82) is 0 Å². The van der Waals surface area contributed by atoms with Gasteiger partial charge in [0.2, 0.25) is 4.77 Å². The van der Waals surface area contributed by atoms with Gasteiger partial charge in [-0.05, 0) is 12.2 Å². The monoisotopic (exact) mass is 146 g/mol. The highest BCUT2D eigenvalue weighted by Crippen LogP contribution is 1.80. The van der Waals surface area contributed by atoms with E-state index >= 15 is 0 Å². The van der Waals surface area contributed by atoms with Crippen LogP contribution in [0.25, 0.3) is 0 Å². The summed E-state index contributed by atoms with van der Waals surface area (Å²) in [5, 5.41) is 6.89. The molecule has 0 atom stereocenters. The van der Waals surface area contributed by atoms with Crippen molar-refractivity contribution in [3.05, 3.63) is 11.1 Å². The van der Waals surface area contributed by atoms with E-state index in [4.69, 9.17) is 23.9 Å². The summed E-state index contributed by atoms with van der Waals surface area (Å²) in [6.07, 6.45) is 1.38. The van der Waals surface area contributed by atoms with Gasteiger partial charge in [0.25, 0.3) is 0 Å². The quantitative estimate of drug-likeness (QED) is 0.258. The van der Waals surface area contributed by atoms with Crippen LogP contribution in [-0.2, 0) is 0 Å². The van der Waals surface area contributed by atoms with E-state index in [0.717, 1.165) is 5.23 Å². The molecule has 7 heteroatoms. The molecule has 0 saturated carbocycles. The molecular weight excluding hydrogens is 140 g/mol. The Morgan fingerprint density at radius 2 is 2.44 bits per heavy atom. The van der Waals surface area contributed by atoms with Gasteiger partial charge in [-0.3, -0.25) is 5.10 Å². The van der Waals surface area contributed by atoms with Gasteiger partial charge in [-0.25, -0.2) is 11.7 Å². The Labute approximate surface area is 56.0 Å². The Morgan fingerprint density at radius 3 is 2.67 bits per heavy atom. The minimum absolute atomic E-state index is 0.361. The second kappa shape index (κ2) is 2.13. The number of hydrogen-bond acceptors (Lipinski definition) is 5. The van der Waals surface area contributed by atoms with Gasteiger partial charge in [-0.2, -0.15) is 15.0 Å². The number of hydrogen-bond donors (Lipinski definition) is 3. The molecule has 0 spiro atoms. The number of nitrogens with two attached hydrogens (primary N) is 2. The molecule has 1 aromatic rings. The number of hydrazine groups is 2. The average molecular weight is 146 g/mol. The summed E-state index contributed by atoms with van der Waals surface area (Å²) in [5.74, 6) is 10.2. The van der Waals surface area contributed by atoms with Crippen LogP contribution in [0.5, 0.6) is 0 Å². The van der Waals surface area contributed by atoms with Crippen LogP contribution in [0.15, 0.2) is 6.33 Å². The molecule has 9 heavy (non-hydrogen) atoms. The first-order valence-corrected chi connectivity index (χ1v) is 2.54. The fourth-order valence-electron chi connectivity index (χ4n) is 0.407. The lowest BCUT2D eigenvalue weighted by Crippen LogP contribution is -2.47. The summed E-state index contributed by atoms with van der Waals surface area (Å²) in [6.45, 7) is 0. The fourth-order valence-corrected chi connectivity index (χ4v) is 0.601.